The Kier molecular flexibility index (Phi) is 5.71. The van der Waals surface area contributed by atoms with Crippen molar-refractivity contribution in [2.75, 3.05) is 33.4 Å². The van der Waals surface area contributed by atoms with Crippen molar-refractivity contribution in [3.63, 3.8) is 0 Å². The third-order valence-electron chi connectivity index (χ3n) is 3.94. The van der Waals surface area contributed by atoms with E-state index in [0.29, 0.717) is 50.3 Å². The maximum absolute atomic E-state index is 12.7. The predicted molar refractivity (Wildman–Crippen MR) is 90.5 cm³/mol. The van der Waals surface area contributed by atoms with Crippen molar-refractivity contribution in [2.24, 2.45) is 0 Å². The Morgan fingerprint density at radius 1 is 1.52 bits per heavy atom. The largest absolute Gasteiger partial charge is 0.383 e. The zero-order valence-corrected chi connectivity index (χ0v) is 15.4. The average Bonchev–Trinajstić information content (AvgIpc) is 3.28. The van der Waals surface area contributed by atoms with E-state index in [1.54, 1.807) is 16.7 Å². The standard InChI is InChI=1S/C15H22N6O3S/c1-10(2)14-16-11(9-25-14)15(22)20-4-7-24-12(8-20)13-17-18-19-21(13)5-6-23-3/h9-10,12H,4-8H2,1-3H3/t12-/m1/s1. The number of amides is 1. The summed E-state index contributed by atoms with van der Waals surface area (Å²) in [5.41, 5.74) is 0.494. The smallest absolute Gasteiger partial charge is 0.273 e. The Morgan fingerprint density at radius 3 is 3.08 bits per heavy atom. The van der Waals surface area contributed by atoms with Gasteiger partial charge >= 0.3 is 0 Å². The van der Waals surface area contributed by atoms with E-state index in [9.17, 15) is 4.79 Å². The molecule has 3 rings (SSSR count). The minimum Gasteiger partial charge on any atom is -0.383 e. The summed E-state index contributed by atoms with van der Waals surface area (Å²) < 4.78 is 12.5. The number of morpholine rings is 1. The number of carbonyl (C=O) groups is 1. The van der Waals surface area contributed by atoms with Gasteiger partial charge in [-0.05, 0) is 10.4 Å². The molecule has 0 N–H and O–H groups in total. The van der Waals surface area contributed by atoms with Crippen LogP contribution in [0.5, 0.6) is 0 Å². The lowest BCUT2D eigenvalue weighted by Crippen LogP contribution is -2.43. The van der Waals surface area contributed by atoms with Gasteiger partial charge in [0, 0.05) is 25.0 Å². The summed E-state index contributed by atoms with van der Waals surface area (Å²) in [6.07, 6.45) is -0.354. The first-order valence-electron chi connectivity index (χ1n) is 8.21. The minimum absolute atomic E-state index is 0.0765. The molecule has 25 heavy (non-hydrogen) atoms. The quantitative estimate of drug-likeness (QED) is 0.756. The molecular weight excluding hydrogens is 344 g/mol. The fraction of sp³-hybridized carbons (Fsp3) is 0.667. The zero-order chi connectivity index (χ0) is 17.8. The molecule has 0 aromatic carbocycles. The van der Waals surface area contributed by atoms with Crippen LogP contribution in [0.2, 0.25) is 0 Å². The number of methoxy groups -OCH3 is 1. The predicted octanol–water partition coefficient (Wildman–Crippen LogP) is 1.11. The average molecular weight is 366 g/mol. The second-order valence-electron chi connectivity index (χ2n) is 6.09. The van der Waals surface area contributed by atoms with E-state index in [4.69, 9.17) is 9.47 Å². The van der Waals surface area contributed by atoms with Crippen LogP contribution in [0, 0.1) is 0 Å². The number of tetrazole rings is 1. The third kappa shape index (κ3) is 4.02. The number of hydrogen-bond acceptors (Lipinski definition) is 8. The molecule has 1 aliphatic rings. The van der Waals surface area contributed by atoms with E-state index in [1.807, 2.05) is 5.38 Å². The molecule has 0 radical (unpaired) electrons. The lowest BCUT2D eigenvalue weighted by molar-refractivity contribution is -0.0293. The molecule has 1 aliphatic heterocycles. The summed E-state index contributed by atoms with van der Waals surface area (Å²) >= 11 is 1.52. The Morgan fingerprint density at radius 2 is 2.36 bits per heavy atom. The molecule has 136 valence electrons. The summed E-state index contributed by atoms with van der Waals surface area (Å²) in [7, 11) is 1.63. The van der Waals surface area contributed by atoms with Crippen molar-refractivity contribution < 1.29 is 14.3 Å². The van der Waals surface area contributed by atoms with Gasteiger partial charge in [0.1, 0.15) is 11.8 Å². The number of hydrogen-bond donors (Lipinski definition) is 0. The highest BCUT2D eigenvalue weighted by Crippen LogP contribution is 2.23. The highest BCUT2D eigenvalue weighted by Gasteiger charge is 2.30. The second-order valence-corrected chi connectivity index (χ2v) is 6.98. The molecule has 2 aromatic rings. The topological polar surface area (TPSA) is 95.3 Å². The van der Waals surface area contributed by atoms with Gasteiger partial charge in [-0.2, -0.15) is 0 Å². The zero-order valence-electron chi connectivity index (χ0n) is 14.6. The molecule has 1 atom stereocenters. The van der Waals surface area contributed by atoms with Gasteiger partial charge in [0.25, 0.3) is 5.91 Å². The van der Waals surface area contributed by atoms with Gasteiger partial charge < -0.3 is 14.4 Å². The lowest BCUT2D eigenvalue weighted by Gasteiger charge is -2.31. The van der Waals surface area contributed by atoms with Gasteiger partial charge in [0.15, 0.2) is 5.82 Å². The van der Waals surface area contributed by atoms with Crippen LogP contribution in [0.15, 0.2) is 5.38 Å². The number of ether oxygens (including phenoxy) is 2. The molecular formula is C15H22N6O3S. The fourth-order valence-electron chi connectivity index (χ4n) is 2.58. The molecule has 0 spiro atoms. The van der Waals surface area contributed by atoms with E-state index >= 15 is 0 Å². The summed E-state index contributed by atoms with van der Waals surface area (Å²) in [6, 6.07) is 0. The van der Waals surface area contributed by atoms with E-state index in [0.717, 1.165) is 5.01 Å². The first-order chi connectivity index (χ1) is 12.1. The van der Waals surface area contributed by atoms with Crippen LogP contribution in [-0.4, -0.2) is 69.4 Å². The van der Waals surface area contributed by atoms with Crippen LogP contribution in [0.25, 0.3) is 0 Å². The fourth-order valence-corrected chi connectivity index (χ4v) is 3.39. The van der Waals surface area contributed by atoms with Gasteiger partial charge in [0.2, 0.25) is 0 Å². The van der Waals surface area contributed by atoms with Gasteiger partial charge in [-0.15, -0.1) is 16.4 Å². The maximum atomic E-state index is 12.7. The maximum Gasteiger partial charge on any atom is 0.273 e. The third-order valence-corrected chi connectivity index (χ3v) is 5.09. The monoisotopic (exact) mass is 366 g/mol. The first-order valence-corrected chi connectivity index (χ1v) is 9.09. The number of thiazole rings is 1. The van der Waals surface area contributed by atoms with Gasteiger partial charge in [-0.25, -0.2) is 9.67 Å². The Hall–Kier alpha value is -1.91. The van der Waals surface area contributed by atoms with E-state index in [1.165, 1.54) is 11.3 Å². The Balaban J connectivity index is 1.70. The van der Waals surface area contributed by atoms with Crippen molar-refractivity contribution in [1.82, 2.24) is 30.1 Å². The van der Waals surface area contributed by atoms with Crippen LogP contribution in [0.4, 0.5) is 0 Å². The van der Waals surface area contributed by atoms with Gasteiger partial charge in [0.05, 0.1) is 31.3 Å². The lowest BCUT2D eigenvalue weighted by atomic mass is 10.2. The second kappa shape index (κ2) is 7.98. The molecule has 0 unspecified atom stereocenters. The molecule has 0 aliphatic carbocycles. The number of nitrogens with zero attached hydrogens (tertiary/aromatic N) is 6. The summed E-state index contributed by atoms with van der Waals surface area (Å²) in [6.45, 7) is 6.55. The molecule has 10 heteroatoms. The molecule has 1 fully saturated rings. The molecule has 1 amide bonds. The van der Waals surface area contributed by atoms with Gasteiger partial charge in [-0.1, -0.05) is 13.8 Å². The van der Waals surface area contributed by atoms with Crippen molar-refractivity contribution in [3.05, 3.63) is 21.9 Å². The van der Waals surface area contributed by atoms with Crippen molar-refractivity contribution in [3.8, 4) is 0 Å². The molecule has 0 bridgehead atoms. The number of carbonyl (C=O) groups excluding carboxylic acids is 1. The number of aromatic nitrogens is 5. The van der Waals surface area contributed by atoms with Crippen molar-refractivity contribution >= 4 is 17.2 Å². The van der Waals surface area contributed by atoms with Crippen molar-refractivity contribution in [2.45, 2.75) is 32.4 Å². The van der Waals surface area contributed by atoms with Crippen LogP contribution in [0.1, 0.15) is 47.2 Å². The molecule has 3 heterocycles. The van der Waals surface area contributed by atoms with Crippen LogP contribution in [0.3, 0.4) is 0 Å². The van der Waals surface area contributed by atoms with E-state index in [2.05, 4.69) is 34.4 Å². The summed E-state index contributed by atoms with van der Waals surface area (Å²) in [5, 5.41) is 14.5. The van der Waals surface area contributed by atoms with E-state index < -0.39 is 0 Å². The normalized spacial score (nSPS) is 18.1. The first kappa shape index (κ1) is 17.9. The highest BCUT2D eigenvalue weighted by molar-refractivity contribution is 7.09. The minimum atomic E-state index is -0.354. The Bertz CT molecular complexity index is 716. The molecule has 9 nitrogen and oxygen atoms in total. The van der Waals surface area contributed by atoms with Gasteiger partial charge in [-0.3, -0.25) is 4.79 Å². The van der Waals surface area contributed by atoms with E-state index in [-0.39, 0.29) is 12.0 Å². The summed E-state index contributed by atoms with van der Waals surface area (Å²) in [4.78, 5) is 19.0. The van der Waals surface area contributed by atoms with Crippen LogP contribution >= 0.6 is 11.3 Å². The molecule has 2 aromatic heterocycles. The van der Waals surface area contributed by atoms with Crippen LogP contribution < -0.4 is 0 Å². The molecule has 0 saturated carbocycles. The Labute approximate surface area is 149 Å². The summed E-state index contributed by atoms with van der Waals surface area (Å²) in [5.74, 6) is 0.845. The van der Waals surface area contributed by atoms with Crippen LogP contribution in [-0.2, 0) is 16.0 Å². The highest BCUT2D eigenvalue weighted by atomic mass is 32.1. The molecule has 1 saturated heterocycles. The van der Waals surface area contributed by atoms with Crippen molar-refractivity contribution in [1.29, 1.82) is 0 Å². The SMILES string of the molecule is COCCn1nnnc1[C@H]1CN(C(=O)c2csc(C(C)C)n2)CCO1. The number of rotatable bonds is 6.